The quantitative estimate of drug-likeness (QED) is 0.697. The van der Waals surface area contributed by atoms with Crippen molar-refractivity contribution >= 4 is 22.4 Å². The minimum atomic E-state index is -0.488. The molecular formula is C23H35N3O3S. The summed E-state index contributed by atoms with van der Waals surface area (Å²) in [7, 11) is 0. The van der Waals surface area contributed by atoms with Gasteiger partial charge < -0.3 is 20.1 Å². The number of aliphatic hydroxyl groups is 1. The molecule has 1 aromatic heterocycles. The Kier molecular flexibility index (Phi) is 6.24. The standard InChI is InChI=1S/C23H35N3O3S/c1-5-8-24-22-25-19-15(3)18-20(27)16(6-7-23(18,4)13-17(19)30-22)14(2)21(28)26-9-11-29-12-10-26/h5,14-16,18,20,27H,1,6-13H2,2-4H3,(H,24,25). The summed E-state index contributed by atoms with van der Waals surface area (Å²) < 4.78 is 5.39. The lowest BCUT2D eigenvalue weighted by Crippen LogP contribution is -2.54. The van der Waals surface area contributed by atoms with Crippen LogP contribution in [0, 0.1) is 23.2 Å². The molecule has 1 aliphatic heterocycles. The predicted molar refractivity (Wildman–Crippen MR) is 120 cm³/mol. The van der Waals surface area contributed by atoms with Crippen molar-refractivity contribution in [2.45, 2.75) is 52.1 Å². The van der Waals surface area contributed by atoms with Gasteiger partial charge in [0.1, 0.15) is 0 Å². The van der Waals surface area contributed by atoms with Crippen LogP contribution in [0.2, 0.25) is 0 Å². The van der Waals surface area contributed by atoms with Crippen molar-refractivity contribution in [1.29, 1.82) is 0 Å². The number of morpholine rings is 1. The second-order valence-electron chi connectivity index (χ2n) is 9.56. The van der Waals surface area contributed by atoms with Crippen LogP contribution in [0.4, 0.5) is 5.13 Å². The van der Waals surface area contributed by atoms with Gasteiger partial charge in [0.05, 0.1) is 25.0 Å². The van der Waals surface area contributed by atoms with Crippen molar-refractivity contribution < 1.29 is 14.6 Å². The van der Waals surface area contributed by atoms with Crippen LogP contribution in [0.25, 0.3) is 0 Å². The molecule has 3 aliphatic rings. The zero-order valence-electron chi connectivity index (χ0n) is 18.4. The summed E-state index contributed by atoms with van der Waals surface area (Å²) in [6.07, 6.45) is 4.25. The number of rotatable bonds is 5. The van der Waals surface area contributed by atoms with Crippen LogP contribution in [0.15, 0.2) is 12.7 Å². The number of anilines is 1. The first-order valence-corrected chi connectivity index (χ1v) is 12.1. The maximum Gasteiger partial charge on any atom is 0.225 e. The number of nitrogens with zero attached hydrogens (tertiary/aromatic N) is 2. The first-order valence-electron chi connectivity index (χ1n) is 11.2. The highest BCUT2D eigenvalue weighted by Crippen LogP contribution is 2.57. The molecule has 7 heteroatoms. The molecule has 2 N–H and O–H groups in total. The van der Waals surface area contributed by atoms with Crippen LogP contribution in [0.5, 0.6) is 0 Å². The smallest absolute Gasteiger partial charge is 0.225 e. The van der Waals surface area contributed by atoms with Crippen molar-refractivity contribution in [3.63, 3.8) is 0 Å². The van der Waals surface area contributed by atoms with Gasteiger partial charge >= 0.3 is 0 Å². The predicted octanol–water partition coefficient (Wildman–Crippen LogP) is 3.29. The van der Waals surface area contributed by atoms with Gasteiger partial charge in [-0.1, -0.05) is 26.8 Å². The van der Waals surface area contributed by atoms with Gasteiger partial charge in [0.15, 0.2) is 5.13 Å². The molecule has 4 rings (SSSR count). The van der Waals surface area contributed by atoms with E-state index in [1.807, 2.05) is 17.9 Å². The maximum absolute atomic E-state index is 13.1. The van der Waals surface area contributed by atoms with E-state index in [2.05, 4.69) is 25.7 Å². The van der Waals surface area contributed by atoms with Gasteiger partial charge in [-0.3, -0.25) is 4.79 Å². The minimum absolute atomic E-state index is 0.000540. The summed E-state index contributed by atoms with van der Waals surface area (Å²) in [5.41, 5.74) is 1.17. The molecule has 0 aromatic carbocycles. The average molecular weight is 434 g/mol. The molecule has 6 unspecified atom stereocenters. The fraction of sp³-hybridized carbons (Fsp3) is 0.739. The van der Waals surface area contributed by atoms with E-state index in [-0.39, 0.29) is 35.0 Å². The number of amides is 1. The summed E-state index contributed by atoms with van der Waals surface area (Å²) >= 11 is 1.74. The average Bonchev–Trinajstić information content (AvgIpc) is 3.14. The molecule has 1 amide bonds. The summed E-state index contributed by atoms with van der Waals surface area (Å²) in [5.74, 6) is 0.298. The largest absolute Gasteiger partial charge is 0.392 e. The Morgan fingerprint density at radius 2 is 2.23 bits per heavy atom. The van der Waals surface area contributed by atoms with E-state index < -0.39 is 6.10 Å². The Labute approximate surface area is 183 Å². The zero-order valence-corrected chi connectivity index (χ0v) is 19.2. The molecular weight excluding hydrogens is 398 g/mol. The lowest BCUT2D eigenvalue weighted by molar-refractivity contribution is -0.148. The first-order chi connectivity index (χ1) is 14.4. The molecule has 0 bridgehead atoms. The van der Waals surface area contributed by atoms with E-state index in [1.165, 1.54) is 4.88 Å². The molecule has 2 fully saturated rings. The summed E-state index contributed by atoms with van der Waals surface area (Å²) in [4.78, 5) is 21.2. The highest BCUT2D eigenvalue weighted by Gasteiger charge is 2.54. The second-order valence-corrected chi connectivity index (χ2v) is 10.6. The fourth-order valence-electron chi connectivity index (χ4n) is 6.04. The number of ether oxygens (including phenoxy) is 1. The zero-order chi connectivity index (χ0) is 21.5. The van der Waals surface area contributed by atoms with E-state index in [0.29, 0.717) is 32.8 Å². The fourth-order valence-corrected chi connectivity index (χ4v) is 7.31. The van der Waals surface area contributed by atoms with Gasteiger partial charge in [-0.05, 0) is 36.5 Å². The van der Waals surface area contributed by atoms with Crippen molar-refractivity contribution in [2.24, 2.45) is 23.2 Å². The van der Waals surface area contributed by atoms with Crippen molar-refractivity contribution in [2.75, 3.05) is 38.2 Å². The van der Waals surface area contributed by atoms with Crippen LogP contribution in [0.1, 0.15) is 50.1 Å². The van der Waals surface area contributed by atoms with E-state index in [1.54, 1.807) is 11.3 Å². The number of carbonyl (C=O) groups is 1. The van der Waals surface area contributed by atoms with E-state index in [9.17, 15) is 9.90 Å². The third-order valence-corrected chi connectivity index (χ3v) is 8.70. The molecule has 1 saturated carbocycles. The highest BCUT2D eigenvalue weighted by atomic mass is 32.1. The normalized spacial score (nSPS) is 34.6. The Bertz CT molecular complexity index is 791. The number of nitrogens with one attached hydrogen (secondary N) is 1. The molecule has 2 heterocycles. The van der Waals surface area contributed by atoms with Gasteiger partial charge in [0.2, 0.25) is 5.91 Å². The number of thiazole rings is 1. The van der Waals surface area contributed by atoms with Crippen LogP contribution in [-0.4, -0.2) is 59.8 Å². The summed E-state index contributed by atoms with van der Waals surface area (Å²) in [6, 6.07) is 0. The van der Waals surface area contributed by atoms with Crippen LogP contribution < -0.4 is 5.32 Å². The number of hydrogen-bond acceptors (Lipinski definition) is 6. The Morgan fingerprint density at radius 1 is 1.50 bits per heavy atom. The van der Waals surface area contributed by atoms with Gasteiger partial charge in [-0.2, -0.15) is 0 Å². The van der Waals surface area contributed by atoms with E-state index >= 15 is 0 Å². The van der Waals surface area contributed by atoms with E-state index in [4.69, 9.17) is 9.72 Å². The third-order valence-electron chi connectivity index (χ3n) is 7.67. The molecule has 6 atom stereocenters. The van der Waals surface area contributed by atoms with Crippen LogP contribution in [-0.2, 0) is 16.0 Å². The minimum Gasteiger partial charge on any atom is -0.392 e. The maximum atomic E-state index is 13.1. The molecule has 0 radical (unpaired) electrons. The highest BCUT2D eigenvalue weighted by molar-refractivity contribution is 7.15. The summed E-state index contributed by atoms with van der Waals surface area (Å²) in [6.45, 7) is 13.5. The van der Waals surface area contributed by atoms with Gasteiger partial charge in [0, 0.05) is 36.3 Å². The lowest BCUT2D eigenvalue weighted by Gasteiger charge is -2.53. The number of aliphatic hydroxyl groups excluding tert-OH is 1. The van der Waals surface area contributed by atoms with Crippen molar-refractivity contribution in [1.82, 2.24) is 9.88 Å². The molecule has 2 aliphatic carbocycles. The van der Waals surface area contributed by atoms with Gasteiger partial charge in [0.25, 0.3) is 0 Å². The first kappa shape index (κ1) is 21.8. The molecule has 166 valence electrons. The Hall–Kier alpha value is -1.44. The number of hydrogen-bond donors (Lipinski definition) is 2. The molecule has 1 saturated heterocycles. The third kappa shape index (κ3) is 3.80. The monoisotopic (exact) mass is 433 g/mol. The lowest BCUT2D eigenvalue weighted by atomic mass is 9.53. The van der Waals surface area contributed by atoms with Gasteiger partial charge in [-0.15, -0.1) is 17.9 Å². The van der Waals surface area contributed by atoms with Crippen molar-refractivity contribution in [3.8, 4) is 0 Å². The number of fused-ring (bicyclic) bond motifs is 2. The second kappa shape index (κ2) is 8.60. The Morgan fingerprint density at radius 3 is 2.93 bits per heavy atom. The van der Waals surface area contributed by atoms with Crippen molar-refractivity contribution in [3.05, 3.63) is 23.2 Å². The molecule has 30 heavy (non-hydrogen) atoms. The molecule has 1 aromatic rings. The van der Waals surface area contributed by atoms with Gasteiger partial charge in [-0.25, -0.2) is 4.98 Å². The summed E-state index contributed by atoms with van der Waals surface area (Å²) in [5, 5.41) is 15.8. The topological polar surface area (TPSA) is 74.7 Å². The molecule has 6 nitrogen and oxygen atoms in total. The van der Waals surface area contributed by atoms with Crippen LogP contribution in [0.3, 0.4) is 0 Å². The SMILES string of the molecule is C=CCNc1nc2c(s1)CC1(C)CCC(C(C)C(=O)N3CCOCC3)C(O)C1C2C. The Balaban J connectivity index is 1.54. The molecule has 0 spiro atoms. The van der Waals surface area contributed by atoms with Crippen LogP contribution >= 0.6 is 11.3 Å². The van der Waals surface area contributed by atoms with E-state index in [0.717, 1.165) is 30.1 Å². The number of aromatic nitrogens is 1. The number of carbonyl (C=O) groups excluding carboxylic acids is 1.